The molecule has 2 atom stereocenters. The highest BCUT2D eigenvalue weighted by atomic mass is 16.5. The molecule has 2 aromatic rings. The highest BCUT2D eigenvalue weighted by Crippen LogP contribution is 2.35. The van der Waals surface area contributed by atoms with E-state index in [0.29, 0.717) is 0 Å². The lowest BCUT2D eigenvalue weighted by atomic mass is 9.87. The Balaban J connectivity index is 2.66. The number of aliphatic hydroxyl groups excluding tert-OH is 1. The van der Waals surface area contributed by atoms with Crippen LogP contribution >= 0.6 is 0 Å². The maximum atomic E-state index is 11.9. The van der Waals surface area contributed by atoms with Crippen molar-refractivity contribution in [2.45, 2.75) is 11.7 Å². The molecule has 0 bridgehead atoms. The lowest BCUT2D eigenvalue weighted by molar-refractivity contribution is -0.180. The zero-order chi connectivity index (χ0) is 17.9. The Labute approximate surface area is 135 Å². The van der Waals surface area contributed by atoms with Gasteiger partial charge in [0.2, 0.25) is 6.10 Å². The number of hydrogen-bond acceptors (Lipinski definition) is 6. The number of hydrogen-bond donors (Lipinski definition) is 5. The van der Waals surface area contributed by atoms with E-state index in [2.05, 4.69) is 0 Å². The van der Waals surface area contributed by atoms with Crippen LogP contribution in [0.3, 0.4) is 0 Å². The van der Waals surface area contributed by atoms with Gasteiger partial charge in [-0.05, 0) is 24.3 Å². The standard InChI is InChI=1S/C16H14O8/c17-10-4-1-3-9(7-10)16(15(22)23,13(19)14(20)21)24-12-6-2-5-11(18)8-12/h1-8,13,17-19H,(H,20,21)(H,22,23). The normalized spacial score (nSPS) is 14.4. The summed E-state index contributed by atoms with van der Waals surface area (Å²) >= 11 is 0. The average molecular weight is 334 g/mol. The van der Waals surface area contributed by atoms with Crippen molar-refractivity contribution in [1.29, 1.82) is 0 Å². The molecule has 0 aliphatic carbocycles. The second kappa shape index (κ2) is 6.47. The van der Waals surface area contributed by atoms with E-state index in [4.69, 9.17) is 9.84 Å². The lowest BCUT2D eigenvalue weighted by Crippen LogP contribution is -2.54. The summed E-state index contributed by atoms with van der Waals surface area (Å²) in [6, 6.07) is 9.71. The van der Waals surface area contributed by atoms with Crippen LogP contribution < -0.4 is 4.74 Å². The largest absolute Gasteiger partial charge is 0.508 e. The molecule has 0 aromatic heterocycles. The number of phenols is 2. The second-order valence-corrected chi connectivity index (χ2v) is 4.93. The summed E-state index contributed by atoms with van der Waals surface area (Å²) in [4.78, 5) is 23.1. The second-order valence-electron chi connectivity index (χ2n) is 4.93. The van der Waals surface area contributed by atoms with Crippen molar-refractivity contribution >= 4 is 11.9 Å². The van der Waals surface area contributed by atoms with E-state index in [9.17, 15) is 30.0 Å². The lowest BCUT2D eigenvalue weighted by Gasteiger charge is -2.33. The molecular weight excluding hydrogens is 320 g/mol. The summed E-state index contributed by atoms with van der Waals surface area (Å²) in [7, 11) is 0. The minimum absolute atomic E-state index is 0.180. The van der Waals surface area contributed by atoms with E-state index in [1.165, 1.54) is 36.4 Å². The van der Waals surface area contributed by atoms with Gasteiger partial charge in [0.05, 0.1) is 0 Å². The fraction of sp³-hybridized carbons (Fsp3) is 0.125. The van der Waals surface area contributed by atoms with Crippen LogP contribution in [0, 0.1) is 0 Å². The van der Waals surface area contributed by atoms with Crippen molar-refractivity contribution in [3.8, 4) is 17.2 Å². The molecule has 0 aliphatic rings. The predicted octanol–water partition coefficient (Wildman–Crippen LogP) is 0.902. The number of benzene rings is 2. The third-order valence-corrected chi connectivity index (χ3v) is 3.31. The summed E-state index contributed by atoms with van der Waals surface area (Å²) in [6.07, 6.45) is -2.49. The van der Waals surface area contributed by atoms with Crippen LogP contribution in [0.1, 0.15) is 5.56 Å². The molecule has 126 valence electrons. The van der Waals surface area contributed by atoms with Gasteiger partial charge in [0.1, 0.15) is 17.2 Å². The maximum Gasteiger partial charge on any atom is 0.356 e. The summed E-state index contributed by atoms with van der Waals surface area (Å²) in [5, 5.41) is 47.8. The molecule has 8 nitrogen and oxygen atoms in total. The SMILES string of the molecule is O=C(O)C(O)C(Oc1cccc(O)c1)(C(=O)O)c1cccc(O)c1. The maximum absolute atomic E-state index is 11.9. The molecule has 2 rings (SSSR count). The Morgan fingerprint density at radius 1 is 0.958 bits per heavy atom. The average Bonchev–Trinajstić information content (AvgIpc) is 2.51. The quantitative estimate of drug-likeness (QED) is 0.524. The van der Waals surface area contributed by atoms with Crippen molar-refractivity contribution in [3.05, 3.63) is 54.1 Å². The number of aromatic hydroxyl groups is 2. The van der Waals surface area contributed by atoms with Crippen LogP contribution in [0.25, 0.3) is 0 Å². The minimum Gasteiger partial charge on any atom is -0.508 e. The number of carboxylic acids is 2. The van der Waals surface area contributed by atoms with E-state index >= 15 is 0 Å². The Hall–Kier alpha value is -3.26. The van der Waals surface area contributed by atoms with Gasteiger partial charge in [-0.1, -0.05) is 18.2 Å². The Morgan fingerprint density at radius 3 is 2.04 bits per heavy atom. The number of rotatable bonds is 6. The zero-order valence-electron chi connectivity index (χ0n) is 12.2. The van der Waals surface area contributed by atoms with Gasteiger partial charge in [0.25, 0.3) is 5.60 Å². The monoisotopic (exact) mass is 334 g/mol. The van der Waals surface area contributed by atoms with Crippen molar-refractivity contribution in [1.82, 2.24) is 0 Å². The molecule has 0 aliphatic heterocycles. The van der Waals surface area contributed by atoms with Gasteiger partial charge in [-0.25, -0.2) is 9.59 Å². The third-order valence-electron chi connectivity index (χ3n) is 3.31. The first-order chi connectivity index (χ1) is 11.3. The predicted molar refractivity (Wildman–Crippen MR) is 79.8 cm³/mol. The highest BCUT2D eigenvalue weighted by molar-refractivity contribution is 5.89. The molecule has 0 fully saturated rings. The van der Waals surface area contributed by atoms with Crippen molar-refractivity contribution in [2.75, 3.05) is 0 Å². The van der Waals surface area contributed by atoms with Gasteiger partial charge in [0, 0.05) is 11.6 Å². The van der Waals surface area contributed by atoms with Crippen LogP contribution in [-0.2, 0) is 15.2 Å². The summed E-state index contributed by atoms with van der Waals surface area (Å²) in [5.74, 6) is -4.38. The molecule has 0 amide bonds. The van der Waals surface area contributed by atoms with Gasteiger partial charge in [-0.15, -0.1) is 0 Å². The van der Waals surface area contributed by atoms with E-state index < -0.39 is 23.6 Å². The molecule has 0 saturated heterocycles. The van der Waals surface area contributed by atoms with Gasteiger partial charge in [-0.3, -0.25) is 0 Å². The summed E-state index contributed by atoms with van der Waals surface area (Å²) < 4.78 is 5.31. The Morgan fingerprint density at radius 2 is 1.54 bits per heavy atom. The molecular formula is C16H14O8. The number of aliphatic hydroxyl groups is 1. The number of carbonyl (C=O) groups is 2. The molecule has 24 heavy (non-hydrogen) atoms. The number of aliphatic carboxylic acids is 2. The van der Waals surface area contributed by atoms with Crippen LogP contribution in [0.15, 0.2) is 48.5 Å². The van der Waals surface area contributed by atoms with Gasteiger partial charge in [-0.2, -0.15) is 0 Å². The number of carboxylic acid groups (broad SMARTS) is 2. The van der Waals surface area contributed by atoms with Gasteiger partial charge >= 0.3 is 11.9 Å². The van der Waals surface area contributed by atoms with Crippen molar-refractivity contribution in [3.63, 3.8) is 0 Å². The molecule has 2 aromatic carbocycles. The molecule has 0 spiro atoms. The zero-order valence-corrected chi connectivity index (χ0v) is 12.2. The Kier molecular flexibility index (Phi) is 4.61. The van der Waals surface area contributed by atoms with Crippen LogP contribution in [0.4, 0.5) is 0 Å². The number of ether oxygens (including phenoxy) is 1. The summed E-state index contributed by atoms with van der Waals surface area (Å²) in [6.45, 7) is 0. The first kappa shape index (κ1) is 17.1. The van der Waals surface area contributed by atoms with Crippen LogP contribution in [-0.4, -0.2) is 43.6 Å². The fourth-order valence-electron chi connectivity index (χ4n) is 2.20. The fourth-order valence-corrected chi connectivity index (χ4v) is 2.20. The first-order valence-corrected chi connectivity index (χ1v) is 6.69. The molecule has 8 heteroatoms. The van der Waals surface area contributed by atoms with Gasteiger partial charge in [0.15, 0.2) is 0 Å². The van der Waals surface area contributed by atoms with E-state index in [0.717, 1.165) is 12.1 Å². The molecule has 0 radical (unpaired) electrons. The Bertz CT molecular complexity index is 772. The first-order valence-electron chi connectivity index (χ1n) is 6.69. The van der Waals surface area contributed by atoms with E-state index in [1.54, 1.807) is 0 Å². The van der Waals surface area contributed by atoms with E-state index in [-0.39, 0.29) is 22.8 Å². The van der Waals surface area contributed by atoms with Crippen LogP contribution in [0.2, 0.25) is 0 Å². The van der Waals surface area contributed by atoms with Crippen molar-refractivity contribution < 1.29 is 39.9 Å². The number of phenolic OH excluding ortho intramolecular Hbond substituents is 2. The molecule has 5 N–H and O–H groups in total. The molecule has 2 unspecified atom stereocenters. The highest BCUT2D eigenvalue weighted by Gasteiger charge is 2.54. The van der Waals surface area contributed by atoms with Gasteiger partial charge < -0.3 is 30.3 Å². The summed E-state index contributed by atoms with van der Waals surface area (Å²) in [5.41, 5.74) is -3.02. The molecule has 0 heterocycles. The molecule has 0 saturated carbocycles. The third kappa shape index (κ3) is 3.08. The topological polar surface area (TPSA) is 145 Å². The van der Waals surface area contributed by atoms with Crippen LogP contribution in [0.5, 0.6) is 17.2 Å². The van der Waals surface area contributed by atoms with Crippen molar-refractivity contribution in [2.24, 2.45) is 0 Å². The van der Waals surface area contributed by atoms with E-state index in [1.807, 2.05) is 0 Å². The smallest absolute Gasteiger partial charge is 0.356 e. The minimum atomic E-state index is -2.74.